The molecule has 4 aromatic rings. The van der Waals surface area contributed by atoms with Crippen molar-refractivity contribution in [2.45, 2.75) is 62.0 Å². The molecule has 1 fully saturated rings. The summed E-state index contributed by atoms with van der Waals surface area (Å²) < 4.78 is 41.1. The van der Waals surface area contributed by atoms with Gasteiger partial charge in [-0.1, -0.05) is 97.6 Å². The molecule has 1 N–H and O–H groups in total. The lowest BCUT2D eigenvalue weighted by atomic mass is 9.94. The monoisotopic (exact) mass is 701 g/mol. The van der Waals surface area contributed by atoms with Crippen molar-refractivity contribution in [2.75, 3.05) is 24.1 Å². The molecule has 11 heteroatoms. The molecule has 1 aliphatic carbocycles. The molecule has 1 atom stereocenters. The van der Waals surface area contributed by atoms with Gasteiger partial charge in [0.25, 0.3) is 10.0 Å². The Bertz CT molecular complexity index is 1850. The highest BCUT2D eigenvalue weighted by molar-refractivity contribution is 7.92. The van der Waals surface area contributed by atoms with E-state index in [0.29, 0.717) is 35.3 Å². The first-order valence-electron chi connectivity index (χ1n) is 16.6. The van der Waals surface area contributed by atoms with Gasteiger partial charge in [0.05, 0.1) is 10.6 Å². The molecule has 2 amide bonds. The number of hydrogen-bond donors (Lipinski definition) is 1. The van der Waals surface area contributed by atoms with Crippen molar-refractivity contribution in [1.29, 1.82) is 0 Å². The van der Waals surface area contributed by atoms with Gasteiger partial charge in [-0.3, -0.25) is 13.9 Å². The number of hydrogen-bond acceptors (Lipinski definition) is 6. The van der Waals surface area contributed by atoms with E-state index in [2.05, 4.69) is 5.32 Å². The van der Waals surface area contributed by atoms with E-state index in [0.717, 1.165) is 42.0 Å². The van der Waals surface area contributed by atoms with Crippen molar-refractivity contribution in [2.24, 2.45) is 0 Å². The van der Waals surface area contributed by atoms with Gasteiger partial charge < -0.3 is 19.7 Å². The summed E-state index contributed by atoms with van der Waals surface area (Å²) in [7, 11) is -4.25. The highest BCUT2D eigenvalue weighted by atomic mass is 35.5. The zero-order chi connectivity index (χ0) is 34.2. The van der Waals surface area contributed by atoms with E-state index in [1.807, 2.05) is 36.4 Å². The molecule has 1 saturated carbocycles. The van der Waals surface area contributed by atoms with Crippen LogP contribution in [0.5, 0.6) is 11.5 Å². The van der Waals surface area contributed by atoms with Gasteiger partial charge in [0, 0.05) is 30.1 Å². The number of nitrogens with zero attached hydrogens (tertiary/aromatic N) is 2. The third-order valence-corrected chi connectivity index (χ3v) is 11.1. The molecular formula is C38H40ClN3O6S. The SMILES string of the molecule is O=C(NC1CCCCC1)[C@@H](Cc1ccccc1)N(Cc1ccccc1Cl)C(=O)CN(c1ccc2c(c1)OCCO2)S(=O)(=O)c1ccccc1. The normalized spacial score (nSPS) is 15.2. The lowest BCUT2D eigenvalue weighted by Crippen LogP contribution is -2.55. The maximum Gasteiger partial charge on any atom is 0.264 e. The lowest BCUT2D eigenvalue weighted by molar-refractivity contribution is -0.140. The standard InChI is InChI=1S/C38H40ClN3O6S/c39-33-19-11-10-14-29(33)26-41(34(24-28-12-4-1-5-13-28)38(44)40-30-15-6-2-7-16-30)37(43)27-42(49(45,46)32-17-8-3-9-18-32)31-20-21-35-36(25-31)48-23-22-47-35/h1,3-5,8-14,17-21,25,30,34H,2,6-7,15-16,22-24,26-27H2,(H,40,44)/t34-/m1/s1. The van der Waals surface area contributed by atoms with Crippen LogP contribution in [-0.4, -0.2) is 57.0 Å². The van der Waals surface area contributed by atoms with Crippen LogP contribution < -0.4 is 19.1 Å². The van der Waals surface area contributed by atoms with Crippen molar-refractivity contribution in [3.8, 4) is 11.5 Å². The maximum atomic E-state index is 14.8. The summed E-state index contributed by atoms with van der Waals surface area (Å²) in [4.78, 5) is 30.5. The van der Waals surface area contributed by atoms with Gasteiger partial charge in [0.15, 0.2) is 11.5 Å². The van der Waals surface area contributed by atoms with Crippen LogP contribution >= 0.6 is 11.6 Å². The largest absolute Gasteiger partial charge is 0.486 e. The Kier molecular flexibility index (Phi) is 11.1. The molecule has 49 heavy (non-hydrogen) atoms. The average molecular weight is 702 g/mol. The van der Waals surface area contributed by atoms with Crippen LogP contribution in [0.25, 0.3) is 0 Å². The van der Waals surface area contributed by atoms with Crippen molar-refractivity contribution in [3.05, 3.63) is 119 Å². The number of carbonyl (C=O) groups excluding carboxylic acids is 2. The first kappa shape index (κ1) is 34.3. The highest BCUT2D eigenvalue weighted by Gasteiger charge is 2.36. The summed E-state index contributed by atoms with van der Waals surface area (Å²) in [6.07, 6.45) is 5.15. The van der Waals surface area contributed by atoms with Crippen LogP contribution in [0.15, 0.2) is 108 Å². The van der Waals surface area contributed by atoms with Gasteiger partial charge in [0.1, 0.15) is 25.8 Å². The Morgan fingerprint density at radius 1 is 0.816 bits per heavy atom. The van der Waals surface area contributed by atoms with Gasteiger partial charge in [-0.25, -0.2) is 8.42 Å². The molecule has 256 valence electrons. The Morgan fingerprint density at radius 3 is 2.18 bits per heavy atom. The molecule has 6 rings (SSSR count). The molecule has 4 aromatic carbocycles. The predicted molar refractivity (Wildman–Crippen MR) is 189 cm³/mol. The Labute approximate surface area is 292 Å². The number of amides is 2. The fourth-order valence-electron chi connectivity index (χ4n) is 6.34. The van der Waals surface area contributed by atoms with E-state index in [4.69, 9.17) is 21.1 Å². The number of nitrogens with one attached hydrogen (secondary N) is 1. The molecule has 0 unspecified atom stereocenters. The minimum absolute atomic E-state index is 0.00413. The summed E-state index contributed by atoms with van der Waals surface area (Å²) in [6, 6.07) is 28.5. The second-order valence-corrected chi connectivity index (χ2v) is 14.6. The van der Waals surface area contributed by atoms with E-state index in [1.54, 1.807) is 54.6 Å². The van der Waals surface area contributed by atoms with E-state index < -0.39 is 28.5 Å². The number of anilines is 1. The maximum absolute atomic E-state index is 14.8. The lowest BCUT2D eigenvalue weighted by Gasteiger charge is -2.35. The molecular weight excluding hydrogens is 662 g/mol. The zero-order valence-electron chi connectivity index (χ0n) is 27.2. The predicted octanol–water partition coefficient (Wildman–Crippen LogP) is 6.40. The summed E-state index contributed by atoms with van der Waals surface area (Å²) >= 11 is 6.62. The number of halogens is 1. The van der Waals surface area contributed by atoms with Crippen molar-refractivity contribution in [1.82, 2.24) is 10.2 Å². The first-order valence-corrected chi connectivity index (χ1v) is 18.5. The van der Waals surface area contributed by atoms with Crippen LogP contribution in [0, 0.1) is 0 Å². The molecule has 0 spiro atoms. The number of sulfonamides is 1. The fourth-order valence-corrected chi connectivity index (χ4v) is 7.97. The summed E-state index contributed by atoms with van der Waals surface area (Å²) in [5, 5.41) is 3.66. The van der Waals surface area contributed by atoms with Crippen LogP contribution in [-0.2, 0) is 32.6 Å². The van der Waals surface area contributed by atoms with Crippen molar-refractivity contribution < 1.29 is 27.5 Å². The van der Waals surface area contributed by atoms with E-state index in [1.165, 1.54) is 17.0 Å². The second kappa shape index (κ2) is 15.8. The zero-order valence-corrected chi connectivity index (χ0v) is 28.7. The van der Waals surface area contributed by atoms with Gasteiger partial charge in [-0.05, 0) is 54.3 Å². The van der Waals surface area contributed by atoms with Crippen LogP contribution in [0.1, 0.15) is 43.2 Å². The number of rotatable bonds is 12. The van der Waals surface area contributed by atoms with Gasteiger partial charge in [-0.2, -0.15) is 0 Å². The molecule has 9 nitrogen and oxygen atoms in total. The molecule has 1 heterocycles. The summed E-state index contributed by atoms with van der Waals surface area (Å²) in [5.74, 6) is 0.0224. The minimum atomic E-state index is -4.25. The third-order valence-electron chi connectivity index (χ3n) is 8.94. The van der Waals surface area contributed by atoms with Crippen LogP contribution in [0.2, 0.25) is 5.02 Å². The van der Waals surface area contributed by atoms with E-state index >= 15 is 0 Å². The summed E-state index contributed by atoms with van der Waals surface area (Å²) in [6.45, 7) is 0.0983. The Hall–Kier alpha value is -4.54. The molecule has 2 aliphatic rings. The minimum Gasteiger partial charge on any atom is -0.486 e. The molecule has 0 bridgehead atoms. The van der Waals surface area contributed by atoms with Crippen LogP contribution in [0.4, 0.5) is 5.69 Å². The molecule has 0 saturated heterocycles. The number of fused-ring (bicyclic) bond motifs is 1. The molecule has 1 aliphatic heterocycles. The quantitative estimate of drug-likeness (QED) is 0.184. The van der Waals surface area contributed by atoms with Crippen molar-refractivity contribution in [3.63, 3.8) is 0 Å². The third kappa shape index (κ3) is 8.37. The van der Waals surface area contributed by atoms with E-state index in [9.17, 15) is 18.0 Å². The average Bonchev–Trinajstić information content (AvgIpc) is 3.13. The fraction of sp³-hybridized carbons (Fsp3) is 0.316. The Balaban J connectivity index is 1.41. The second-order valence-electron chi connectivity index (χ2n) is 12.3. The van der Waals surface area contributed by atoms with Gasteiger partial charge >= 0.3 is 0 Å². The highest BCUT2D eigenvalue weighted by Crippen LogP contribution is 2.36. The molecule has 0 aromatic heterocycles. The molecule has 0 radical (unpaired) electrons. The van der Waals surface area contributed by atoms with E-state index in [-0.39, 0.29) is 35.5 Å². The van der Waals surface area contributed by atoms with Gasteiger partial charge in [0.2, 0.25) is 11.8 Å². The van der Waals surface area contributed by atoms with Crippen LogP contribution in [0.3, 0.4) is 0 Å². The summed E-state index contributed by atoms with van der Waals surface area (Å²) in [5.41, 5.74) is 1.73. The first-order chi connectivity index (χ1) is 23.8. The topological polar surface area (TPSA) is 105 Å². The number of benzene rings is 4. The van der Waals surface area contributed by atoms with Crippen molar-refractivity contribution >= 4 is 39.1 Å². The Morgan fingerprint density at radius 2 is 1.47 bits per heavy atom. The smallest absolute Gasteiger partial charge is 0.264 e. The number of carbonyl (C=O) groups is 2. The van der Waals surface area contributed by atoms with Gasteiger partial charge in [-0.15, -0.1) is 0 Å². The number of ether oxygens (including phenoxy) is 2.